The van der Waals surface area contributed by atoms with Gasteiger partial charge in [0, 0.05) is 5.44 Å². The average Bonchev–Trinajstić information content (AvgIpc) is 2.72. The molecular formula is C20H33BO2Si. The van der Waals surface area contributed by atoms with Crippen LogP contribution in [0.4, 0.5) is 0 Å². The summed E-state index contributed by atoms with van der Waals surface area (Å²) < 4.78 is 12.9. The van der Waals surface area contributed by atoms with Crippen LogP contribution in [0.3, 0.4) is 0 Å². The van der Waals surface area contributed by atoms with Crippen molar-refractivity contribution in [3.63, 3.8) is 0 Å². The Morgan fingerprint density at radius 1 is 1.04 bits per heavy atom. The number of benzene rings is 1. The molecule has 1 atom stereocenters. The topological polar surface area (TPSA) is 18.5 Å². The molecular weight excluding hydrogens is 311 g/mol. The second kappa shape index (κ2) is 7.19. The van der Waals surface area contributed by atoms with Crippen molar-refractivity contribution in [3.05, 3.63) is 42.5 Å². The predicted octanol–water partition coefficient (Wildman–Crippen LogP) is 4.96. The summed E-state index contributed by atoms with van der Waals surface area (Å²) in [5, 5.41) is 1.45. The largest absolute Gasteiger partial charge is 0.462 e. The normalized spacial score (nSPS) is 21.4. The summed E-state index contributed by atoms with van der Waals surface area (Å²) in [7, 11) is -1.96. The standard InChI is InChI=1S/C20H33BO2Si/c1-8-9-11-16-18(21-22-19(2,3)20(4,5)23-21)24(6,7)17-14-12-10-13-15-17/h10-16,18H,8-9H2,1-7H3/b16-11+. The molecule has 1 unspecified atom stereocenters. The van der Waals surface area contributed by atoms with Crippen LogP contribution in [0.25, 0.3) is 0 Å². The van der Waals surface area contributed by atoms with Gasteiger partial charge in [-0.2, -0.15) is 0 Å². The molecule has 1 fully saturated rings. The first kappa shape index (κ1) is 19.5. The van der Waals surface area contributed by atoms with Crippen LogP contribution in [0.15, 0.2) is 42.5 Å². The Morgan fingerprint density at radius 2 is 1.58 bits per heavy atom. The van der Waals surface area contributed by atoms with Crippen molar-refractivity contribution in [2.75, 3.05) is 0 Å². The van der Waals surface area contributed by atoms with E-state index < -0.39 is 8.07 Å². The molecule has 0 N–H and O–H groups in total. The molecule has 1 aromatic carbocycles. The van der Waals surface area contributed by atoms with Crippen LogP contribution >= 0.6 is 0 Å². The van der Waals surface area contributed by atoms with E-state index in [4.69, 9.17) is 9.31 Å². The van der Waals surface area contributed by atoms with Gasteiger partial charge in [0.15, 0.2) is 0 Å². The van der Waals surface area contributed by atoms with E-state index in [9.17, 15) is 0 Å². The van der Waals surface area contributed by atoms with Crippen molar-refractivity contribution < 1.29 is 9.31 Å². The van der Waals surface area contributed by atoms with Crippen molar-refractivity contribution in [1.82, 2.24) is 0 Å². The lowest BCUT2D eigenvalue weighted by Crippen LogP contribution is -2.51. The molecule has 0 aliphatic carbocycles. The van der Waals surface area contributed by atoms with Gasteiger partial charge in [-0.15, -0.1) is 0 Å². The molecule has 0 radical (unpaired) electrons. The zero-order valence-electron chi connectivity index (χ0n) is 16.4. The minimum Gasteiger partial charge on any atom is -0.403 e. The lowest BCUT2D eigenvalue weighted by molar-refractivity contribution is 0.00578. The summed E-state index contributed by atoms with van der Waals surface area (Å²) in [5.74, 6) is 0. The highest BCUT2D eigenvalue weighted by atomic mass is 28.3. The second-order valence-corrected chi connectivity index (χ2v) is 13.1. The number of rotatable bonds is 6. The summed E-state index contributed by atoms with van der Waals surface area (Å²) >= 11 is 0. The maximum atomic E-state index is 6.43. The highest BCUT2D eigenvalue weighted by Gasteiger charge is 2.56. The van der Waals surface area contributed by atoms with E-state index in [2.05, 4.69) is 90.2 Å². The van der Waals surface area contributed by atoms with E-state index in [0.717, 1.165) is 6.42 Å². The zero-order chi connectivity index (χ0) is 18.0. The molecule has 0 spiro atoms. The monoisotopic (exact) mass is 344 g/mol. The van der Waals surface area contributed by atoms with Gasteiger partial charge in [0.1, 0.15) is 0 Å². The predicted molar refractivity (Wildman–Crippen MR) is 107 cm³/mol. The first-order chi connectivity index (χ1) is 11.1. The molecule has 24 heavy (non-hydrogen) atoms. The lowest BCUT2D eigenvalue weighted by Gasteiger charge is -2.32. The zero-order valence-corrected chi connectivity index (χ0v) is 17.4. The third kappa shape index (κ3) is 3.87. The Morgan fingerprint density at radius 3 is 2.08 bits per heavy atom. The maximum absolute atomic E-state index is 6.43. The fourth-order valence-corrected chi connectivity index (χ4v) is 6.05. The lowest BCUT2D eigenvalue weighted by atomic mass is 9.83. The van der Waals surface area contributed by atoms with Gasteiger partial charge in [-0.1, -0.05) is 74.1 Å². The molecule has 2 rings (SSSR count). The van der Waals surface area contributed by atoms with Crippen molar-refractivity contribution in [3.8, 4) is 0 Å². The van der Waals surface area contributed by atoms with Crippen molar-refractivity contribution in [2.45, 2.75) is 77.2 Å². The molecule has 1 aliphatic heterocycles. The van der Waals surface area contributed by atoms with Gasteiger partial charge in [-0.25, -0.2) is 0 Å². The van der Waals surface area contributed by atoms with Gasteiger partial charge in [-0.3, -0.25) is 0 Å². The van der Waals surface area contributed by atoms with Gasteiger partial charge in [0.2, 0.25) is 0 Å². The first-order valence-corrected chi connectivity index (χ1v) is 12.3. The van der Waals surface area contributed by atoms with E-state index in [1.54, 1.807) is 0 Å². The van der Waals surface area contributed by atoms with Gasteiger partial charge in [-0.05, 0) is 34.1 Å². The highest BCUT2D eigenvalue weighted by molar-refractivity contribution is 6.98. The molecule has 0 amide bonds. The van der Waals surface area contributed by atoms with E-state index in [1.165, 1.54) is 11.6 Å². The molecule has 4 heteroatoms. The third-order valence-corrected chi connectivity index (χ3v) is 9.67. The van der Waals surface area contributed by atoms with Crippen LogP contribution in [0.1, 0.15) is 47.5 Å². The second-order valence-electron chi connectivity index (χ2n) is 8.46. The quantitative estimate of drug-likeness (QED) is 0.536. The van der Waals surface area contributed by atoms with Gasteiger partial charge in [0.25, 0.3) is 0 Å². The van der Waals surface area contributed by atoms with E-state index in [-0.39, 0.29) is 18.3 Å². The van der Waals surface area contributed by atoms with Crippen LogP contribution in [-0.4, -0.2) is 26.4 Å². The molecule has 0 saturated carbocycles. The minimum absolute atomic E-state index is 0.176. The minimum atomic E-state index is -1.79. The van der Waals surface area contributed by atoms with Crippen molar-refractivity contribution in [1.29, 1.82) is 0 Å². The average molecular weight is 344 g/mol. The Hall–Kier alpha value is -0.838. The number of unbranched alkanes of at least 4 members (excludes halogenated alkanes) is 1. The summed E-state index contributed by atoms with van der Waals surface area (Å²) in [5.41, 5.74) is -0.266. The van der Waals surface area contributed by atoms with Crippen LogP contribution < -0.4 is 5.19 Å². The Balaban J connectivity index is 2.36. The molecule has 132 valence electrons. The summed E-state index contributed by atoms with van der Waals surface area (Å²) in [6, 6.07) is 10.9. The van der Waals surface area contributed by atoms with Crippen LogP contribution in [0.2, 0.25) is 18.5 Å². The van der Waals surface area contributed by atoms with Crippen LogP contribution in [0.5, 0.6) is 0 Å². The Kier molecular flexibility index (Phi) is 5.83. The molecule has 1 heterocycles. The molecule has 0 aromatic heterocycles. The van der Waals surface area contributed by atoms with E-state index in [0.29, 0.717) is 5.44 Å². The van der Waals surface area contributed by atoms with Gasteiger partial charge >= 0.3 is 7.12 Å². The summed E-state index contributed by atoms with van der Waals surface area (Å²) in [6.45, 7) is 15.6. The van der Waals surface area contributed by atoms with E-state index >= 15 is 0 Å². The number of hydrogen-bond donors (Lipinski definition) is 0. The third-order valence-electron chi connectivity index (χ3n) is 5.71. The summed E-state index contributed by atoms with van der Waals surface area (Å²) in [4.78, 5) is 0. The van der Waals surface area contributed by atoms with Crippen molar-refractivity contribution in [2.24, 2.45) is 0 Å². The fourth-order valence-electron chi connectivity index (χ4n) is 3.18. The SMILES string of the molecule is CCC/C=C/C(B1OC(C)(C)C(C)(C)O1)[Si](C)(C)c1ccccc1. The van der Waals surface area contributed by atoms with Crippen LogP contribution in [-0.2, 0) is 9.31 Å². The molecule has 2 nitrogen and oxygen atoms in total. The molecule has 1 aliphatic rings. The fraction of sp³-hybridized carbons (Fsp3) is 0.600. The maximum Gasteiger partial charge on any atom is 0.462 e. The number of hydrogen-bond acceptors (Lipinski definition) is 2. The molecule has 1 aromatic rings. The molecule has 1 saturated heterocycles. The van der Waals surface area contributed by atoms with Gasteiger partial charge < -0.3 is 9.31 Å². The van der Waals surface area contributed by atoms with Crippen molar-refractivity contribution >= 4 is 20.4 Å². The molecule has 0 bridgehead atoms. The first-order valence-electron chi connectivity index (χ1n) is 9.19. The highest BCUT2D eigenvalue weighted by Crippen LogP contribution is 2.42. The number of allylic oxidation sites excluding steroid dienone is 2. The Bertz CT molecular complexity index is 550. The van der Waals surface area contributed by atoms with Crippen LogP contribution in [0, 0.1) is 0 Å². The Labute approximate surface area is 149 Å². The smallest absolute Gasteiger partial charge is 0.403 e. The van der Waals surface area contributed by atoms with E-state index in [1.807, 2.05) is 0 Å². The summed E-state index contributed by atoms with van der Waals surface area (Å²) in [6.07, 6.45) is 6.95. The van der Waals surface area contributed by atoms with Gasteiger partial charge in [0.05, 0.1) is 19.3 Å².